The van der Waals surface area contributed by atoms with E-state index in [4.69, 9.17) is 5.73 Å². The highest BCUT2D eigenvalue weighted by molar-refractivity contribution is 6.00. The lowest BCUT2D eigenvalue weighted by Gasteiger charge is -2.20. The van der Waals surface area contributed by atoms with Crippen LogP contribution in [-0.4, -0.2) is 21.7 Å². The number of nitrogens with two attached hydrogens (primary N) is 1. The van der Waals surface area contributed by atoms with Crippen molar-refractivity contribution in [2.45, 2.75) is 13.1 Å². The van der Waals surface area contributed by atoms with Crippen LogP contribution in [0.2, 0.25) is 0 Å². The van der Waals surface area contributed by atoms with Crippen LogP contribution in [0.4, 0.5) is 4.79 Å². The molecule has 8 nitrogen and oxygen atoms in total. The zero-order valence-electron chi connectivity index (χ0n) is 13.5. The third-order valence-corrected chi connectivity index (χ3v) is 3.65. The molecular formula is C17H18N6O2. The average Bonchev–Trinajstić information content (AvgIpc) is 3.04. The molecule has 1 aromatic carbocycles. The van der Waals surface area contributed by atoms with Gasteiger partial charge in [0.05, 0.1) is 24.1 Å². The van der Waals surface area contributed by atoms with Crippen LogP contribution in [-0.2, 0) is 17.9 Å². The second kappa shape index (κ2) is 6.91. The number of carbonyl (C=O) groups is 2. The molecule has 3 rings (SSSR count). The summed E-state index contributed by atoms with van der Waals surface area (Å²) in [5, 5.41) is 11.8. The van der Waals surface area contributed by atoms with Crippen LogP contribution in [0, 0.1) is 0 Å². The summed E-state index contributed by atoms with van der Waals surface area (Å²) in [6.45, 7) is 4.50. The average molecular weight is 338 g/mol. The van der Waals surface area contributed by atoms with Crippen LogP contribution in [0.15, 0.2) is 66.4 Å². The van der Waals surface area contributed by atoms with E-state index in [-0.39, 0.29) is 23.6 Å². The van der Waals surface area contributed by atoms with Crippen LogP contribution >= 0.6 is 0 Å². The van der Waals surface area contributed by atoms with E-state index < -0.39 is 11.9 Å². The van der Waals surface area contributed by atoms with Crippen LogP contribution in [0.3, 0.4) is 0 Å². The van der Waals surface area contributed by atoms with E-state index in [1.165, 1.54) is 0 Å². The molecule has 5 N–H and O–H groups in total. The Morgan fingerprint density at radius 1 is 1.24 bits per heavy atom. The minimum atomic E-state index is -0.542. The van der Waals surface area contributed by atoms with Crippen LogP contribution in [0.1, 0.15) is 11.1 Å². The van der Waals surface area contributed by atoms with Gasteiger partial charge in [0.25, 0.3) is 5.91 Å². The first-order valence-electron chi connectivity index (χ1n) is 7.63. The monoisotopic (exact) mass is 338 g/mol. The summed E-state index contributed by atoms with van der Waals surface area (Å²) in [6, 6.07) is 9.40. The molecule has 0 fully saturated rings. The minimum absolute atomic E-state index is 0.00886. The smallest absolute Gasteiger partial charge is 0.323 e. The number of hydrogen-bond acceptors (Lipinski definition) is 4. The maximum Gasteiger partial charge on any atom is 0.323 e. The zero-order chi connectivity index (χ0) is 17.8. The van der Waals surface area contributed by atoms with E-state index >= 15 is 0 Å². The highest BCUT2D eigenvalue weighted by atomic mass is 16.2. The van der Waals surface area contributed by atoms with Crippen molar-refractivity contribution < 1.29 is 9.59 Å². The van der Waals surface area contributed by atoms with Gasteiger partial charge in [-0.25, -0.2) is 4.79 Å². The summed E-state index contributed by atoms with van der Waals surface area (Å²) in [5.41, 5.74) is 8.04. The molecule has 0 bridgehead atoms. The number of rotatable bonds is 5. The number of amides is 3. The molecule has 25 heavy (non-hydrogen) atoms. The number of benzene rings is 1. The number of carbonyl (C=O) groups excluding carboxylic acids is 2. The Hall–Kier alpha value is -3.55. The van der Waals surface area contributed by atoms with E-state index in [9.17, 15) is 9.59 Å². The summed E-state index contributed by atoms with van der Waals surface area (Å²) >= 11 is 0. The first-order chi connectivity index (χ1) is 12.0. The van der Waals surface area contributed by atoms with Gasteiger partial charge in [-0.15, -0.1) is 0 Å². The Bertz CT molecular complexity index is 853. The van der Waals surface area contributed by atoms with Crippen molar-refractivity contribution in [1.82, 2.24) is 25.7 Å². The molecule has 0 atom stereocenters. The maximum atomic E-state index is 12.2. The molecule has 1 aromatic heterocycles. The Morgan fingerprint density at radius 3 is 2.76 bits per heavy atom. The third-order valence-electron chi connectivity index (χ3n) is 3.65. The minimum Gasteiger partial charge on any atom is -0.395 e. The molecule has 128 valence electrons. The fourth-order valence-electron chi connectivity index (χ4n) is 2.37. The molecule has 2 aromatic rings. The molecule has 1 aliphatic rings. The fourth-order valence-corrected chi connectivity index (χ4v) is 2.37. The fraction of sp³-hybridized carbons (Fsp3) is 0.118. The Kier molecular flexibility index (Phi) is 4.51. The standard InChI is InChI=1S/C17H18N6O2/c1-11-14(18)15(22-17(25)21-11)16(24)19-7-13-8-20-23(10-13)9-12-5-3-2-4-6-12/h2-6,8,10H,1,7,9,18H2,(H,19,24)(H2,21,22,25). The van der Waals surface area contributed by atoms with Gasteiger partial charge in [0, 0.05) is 18.3 Å². The van der Waals surface area contributed by atoms with E-state index in [1.54, 1.807) is 10.9 Å². The van der Waals surface area contributed by atoms with Crippen LogP contribution in [0.25, 0.3) is 0 Å². The summed E-state index contributed by atoms with van der Waals surface area (Å²) < 4.78 is 1.79. The highest BCUT2D eigenvalue weighted by Gasteiger charge is 2.23. The molecule has 3 amide bonds. The lowest BCUT2D eigenvalue weighted by Crippen LogP contribution is -2.46. The Labute approximate surface area is 144 Å². The van der Waals surface area contributed by atoms with Gasteiger partial charge in [0.2, 0.25) is 0 Å². The zero-order valence-corrected chi connectivity index (χ0v) is 13.5. The van der Waals surface area contributed by atoms with Crippen LogP contribution in [0.5, 0.6) is 0 Å². The van der Waals surface area contributed by atoms with Gasteiger partial charge in [-0.1, -0.05) is 36.9 Å². The molecule has 0 saturated heterocycles. The summed E-state index contributed by atoms with van der Waals surface area (Å²) in [4.78, 5) is 23.6. The van der Waals surface area contributed by atoms with E-state index in [0.29, 0.717) is 6.54 Å². The lowest BCUT2D eigenvalue weighted by molar-refractivity contribution is -0.118. The number of nitrogens with zero attached hydrogens (tertiary/aromatic N) is 2. The normalized spacial score (nSPS) is 14.1. The highest BCUT2D eigenvalue weighted by Crippen LogP contribution is 2.09. The van der Waals surface area contributed by atoms with Crippen molar-refractivity contribution in [3.63, 3.8) is 0 Å². The molecule has 8 heteroatoms. The largest absolute Gasteiger partial charge is 0.395 e. The summed E-state index contributed by atoms with van der Waals surface area (Å²) in [7, 11) is 0. The topological polar surface area (TPSA) is 114 Å². The molecule has 0 unspecified atom stereocenters. The molecule has 0 spiro atoms. The van der Waals surface area contributed by atoms with Gasteiger partial charge in [-0.3, -0.25) is 9.48 Å². The molecule has 1 aliphatic heterocycles. The summed E-state index contributed by atoms with van der Waals surface area (Å²) in [5.74, 6) is -0.482. The van der Waals surface area contributed by atoms with Crippen molar-refractivity contribution in [2.24, 2.45) is 5.73 Å². The quantitative estimate of drug-likeness (QED) is 0.637. The first-order valence-corrected chi connectivity index (χ1v) is 7.63. The van der Waals surface area contributed by atoms with Gasteiger partial charge in [-0.05, 0) is 5.56 Å². The van der Waals surface area contributed by atoms with Crippen molar-refractivity contribution in [3.8, 4) is 0 Å². The van der Waals surface area contributed by atoms with Gasteiger partial charge in [0.1, 0.15) is 5.70 Å². The van der Waals surface area contributed by atoms with E-state index in [1.807, 2.05) is 36.5 Å². The van der Waals surface area contributed by atoms with E-state index in [2.05, 4.69) is 27.6 Å². The van der Waals surface area contributed by atoms with Crippen molar-refractivity contribution in [3.05, 3.63) is 77.5 Å². The number of hydrogen-bond donors (Lipinski definition) is 4. The van der Waals surface area contributed by atoms with Gasteiger partial charge >= 0.3 is 6.03 Å². The second-order valence-electron chi connectivity index (χ2n) is 5.56. The number of urea groups is 1. The van der Waals surface area contributed by atoms with Gasteiger partial charge in [0.15, 0.2) is 0 Å². The third kappa shape index (κ3) is 3.86. The molecule has 0 radical (unpaired) electrons. The predicted molar refractivity (Wildman–Crippen MR) is 91.6 cm³/mol. The first kappa shape index (κ1) is 16.3. The molecule has 2 heterocycles. The summed E-state index contributed by atoms with van der Waals surface area (Å²) in [6.07, 6.45) is 3.53. The van der Waals surface area contributed by atoms with Gasteiger partial charge in [-0.2, -0.15) is 5.10 Å². The van der Waals surface area contributed by atoms with Crippen molar-refractivity contribution >= 4 is 11.9 Å². The predicted octanol–water partition coefficient (Wildman–Crippen LogP) is 0.544. The Morgan fingerprint density at radius 2 is 2.00 bits per heavy atom. The number of aromatic nitrogens is 2. The lowest BCUT2D eigenvalue weighted by atomic mass is 10.2. The van der Waals surface area contributed by atoms with Crippen molar-refractivity contribution in [2.75, 3.05) is 0 Å². The maximum absolute atomic E-state index is 12.2. The molecular weight excluding hydrogens is 320 g/mol. The van der Waals surface area contributed by atoms with Crippen LogP contribution < -0.4 is 21.7 Å². The SMILES string of the molecule is C=C1NC(=O)NC(C(=O)NCc2cnn(Cc3ccccc3)c2)=C1N. The molecule has 0 aliphatic carbocycles. The molecule has 0 saturated carbocycles. The van der Waals surface area contributed by atoms with Crippen molar-refractivity contribution in [1.29, 1.82) is 0 Å². The second-order valence-corrected chi connectivity index (χ2v) is 5.56. The van der Waals surface area contributed by atoms with E-state index in [0.717, 1.165) is 11.1 Å². The van der Waals surface area contributed by atoms with Gasteiger partial charge < -0.3 is 21.7 Å². The Balaban J connectivity index is 1.60. The number of nitrogens with one attached hydrogen (secondary N) is 3.